The molecule has 2 rings (SSSR count). The summed E-state index contributed by atoms with van der Waals surface area (Å²) in [6.45, 7) is 0.0611. The van der Waals surface area contributed by atoms with Crippen molar-refractivity contribution in [2.24, 2.45) is 0 Å². The molecule has 0 spiro atoms. The Bertz CT molecular complexity index is 488. The first kappa shape index (κ1) is 14.1. The van der Waals surface area contributed by atoms with E-state index < -0.39 is 12.2 Å². The average Bonchev–Trinajstić information content (AvgIpc) is 2.52. The quantitative estimate of drug-likeness (QED) is 0.878. The second kappa shape index (κ2) is 7.31. The average molecular weight is 271 g/mol. The predicted octanol–water partition coefficient (Wildman–Crippen LogP) is 2.49. The SMILES string of the molecule is O=C(NCCO)OC(c1ccccc1)c1ccccc1. The van der Waals surface area contributed by atoms with Gasteiger partial charge in [-0.25, -0.2) is 4.79 Å². The Balaban J connectivity index is 2.19. The Kier molecular flexibility index (Phi) is 5.15. The highest BCUT2D eigenvalue weighted by molar-refractivity contribution is 5.68. The summed E-state index contributed by atoms with van der Waals surface area (Å²) in [6, 6.07) is 19.1. The van der Waals surface area contributed by atoms with E-state index in [9.17, 15) is 4.79 Å². The van der Waals surface area contributed by atoms with Gasteiger partial charge in [0.25, 0.3) is 0 Å². The number of carbonyl (C=O) groups excluding carboxylic acids is 1. The molecule has 0 radical (unpaired) electrons. The van der Waals surface area contributed by atoms with Gasteiger partial charge in [-0.05, 0) is 11.1 Å². The summed E-state index contributed by atoms with van der Waals surface area (Å²) in [5.41, 5.74) is 1.80. The van der Waals surface area contributed by atoms with Crippen LogP contribution in [-0.2, 0) is 4.74 Å². The summed E-state index contributed by atoms with van der Waals surface area (Å²) >= 11 is 0. The van der Waals surface area contributed by atoms with Crippen LogP contribution in [-0.4, -0.2) is 24.4 Å². The minimum atomic E-state index is -0.545. The molecule has 0 aromatic heterocycles. The lowest BCUT2D eigenvalue weighted by molar-refractivity contribution is 0.114. The maximum Gasteiger partial charge on any atom is 0.408 e. The van der Waals surface area contributed by atoms with Gasteiger partial charge in [-0.15, -0.1) is 0 Å². The summed E-state index contributed by atoms with van der Waals surface area (Å²) in [7, 11) is 0. The topological polar surface area (TPSA) is 58.6 Å². The number of nitrogens with one attached hydrogen (secondary N) is 1. The maximum atomic E-state index is 11.7. The molecule has 4 heteroatoms. The second-order valence-electron chi connectivity index (χ2n) is 4.26. The summed E-state index contributed by atoms with van der Waals surface area (Å²) in [5.74, 6) is 0. The maximum absolute atomic E-state index is 11.7. The van der Waals surface area contributed by atoms with Gasteiger partial charge in [-0.1, -0.05) is 60.7 Å². The van der Waals surface area contributed by atoms with Crippen molar-refractivity contribution in [3.63, 3.8) is 0 Å². The minimum Gasteiger partial charge on any atom is -0.436 e. The first-order chi connectivity index (χ1) is 9.81. The van der Waals surface area contributed by atoms with Crippen LogP contribution in [0.1, 0.15) is 17.2 Å². The lowest BCUT2D eigenvalue weighted by atomic mass is 10.0. The van der Waals surface area contributed by atoms with Crippen LogP contribution in [0.3, 0.4) is 0 Å². The van der Waals surface area contributed by atoms with Gasteiger partial charge in [0.05, 0.1) is 6.61 Å². The van der Waals surface area contributed by atoms with E-state index in [2.05, 4.69) is 5.32 Å². The Labute approximate surface area is 118 Å². The molecule has 1 amide bonds. The lowest BCUT2D eigenvalue weighted by Gasteiger charge is -2.19. The normalized spacial score (nSPS) is 10.3. The monoisotopic (exact) mass is 271 g/mol. The molecule has 4 nitrogen and oxygen atoms in total. The largest absolute Gasteiger partial charge is 0.436 e. The molecule has 0 heterocycles. The zero-order valence-electron chi connectivity index (χ0n) is 11.0. The van der Waals surface area contributed by atoms with Crippen LogP contribution < -0.4 is 5.32 Å². The molecule has 0 aliphatic carbocycles. The minimum absolute atomic E-state index is 0.115. The van der Waals surface area contributed by atoms with Gasteiger partial charge in [-0.2, -0.15) is 0 Å². The summed E-state index contributed by atoms with van der Waals surface area (Å²) in [4.78, 5) is 11.7. The van der Waals surface area contributed by atoms with Crippen molar-refractivity contribution >= 4 is 6.09 Å². The zero-order valence-corrected chi connectivity index (χ0v) is 11.0. The summed E-state index contributed by atoms with van der Waals surface area (Å²) < 4.78 is 5.46. The first-order valence-corrected chi connectivity index (χ1v) is 6.46. The molecule has 0 saturated carbocycles. The number of hydrogen-bond acceptors (Lipinski definition) is 3. The Morgan fingerprint density at radius 3 is 1.95 bits per heavy atom. The van der Waals surface area contributed by atoms with Gasteiger partial charge in [0.15, 0.2) is 6.10 Å². The number of aliphatic hydroxyl groups excluding tert-OH is 1. The van der Waals surface area contributed by atoms with Crippen molar-refractivity contribution < 1.29 is 14.6 Å². The zero-order chi connectivity index (χ0) is 14.2. The standard InChI is InChI=1S/C16H17NO3/c18-12-11-17-16(19)20-15(13-7-3-1-4-8-13)14-9-5-2-6-10-14/h1-10,15,18H,11-12H2,(H,17,19). The van der Waals surface area contributed by atoms with E-state index in [1.54, 1.807) is 0 Å². The molecule has 0 bridgehead atoms. The van der Waals surface area contributed by atoms with Gasteiger partial charge in [-0.3, -0.25) is 0 Å². The third-order valence-corrected chi connectivity index (χ3v) is 2.81. The van der Waals surface area contributed by atoms with Gasteiger partial charge in [0, 0.05) is 6.54 Å². The highest BCUT2D eigenvalue weighted by Gasteiger charge is 2.18. The van der Waals surface area contributed by atoms with E-state index in [1.807, 2.05) is 60.7 Å². The summed E-state index contributed by atoms with van der Waals surface area (Å²) in [5, 5.41) is 11.2. The molecule has 0 atom stereocenters. The highest BCUT2D eigenvalue weighted by Crippen LogP contribution is 2.25. The molecule has 2 N–H and O–H groups in total. The van der Waals surface area contributed by atoms with Crippen LogP contribution in [0, 0.1) is 0 Å². The van der Waals surface area contributed by atoms with Crippen LogP contribution in [0.4, 0.5) is 4.79 Å². The van der Waals surface area contributed by atoms with E-state index in [0.717, 1.165) is 11.1 Å². The molecule has 2 aromatic rings. The van der Waals surface area contributed by atoms with Crippen LogP contribution in [0.2, 0.25) is 0 Å². The van der Waals surface area contributed by atoms with Gasteiger partial charge >= 0.3 is 6.09 Å². The fourth-order valence-electron chi connectivity index (χ4n) is 1.89. The van der Waals surface area contributed by atoms with E-state index in [0.29, 0.717) is 0 Å². The Hall–Kier alpha value is -2.33. The molecular formula is C16H17NO3. The summed E-state index contributed by atoms with van der Waals surface area (Å²) in [6.07, 6.45) is -1.01. The number of ether oxygens (including phenoxy) is 1. The number of benzene rings is 2. The fraction of sp³-hybridized carbons (Fsp3) is 0.188. The number of alkyl carbamates (subject to hydrolysis) is 1. The van der Waals surface area contributed by atoms with Crippen LogP contribution >= 0.6 is 0 Å². The number of rotatable bonds is 5. The lowest BCUT2D eigenvalue weighted by Crippen LogP contribution is -2.28. The molecule has 0 saturated heterocycles. The van der Waals surface area contributed by atoms with Crippen molar-refractivity contribution in [3.8, 4) is 0 Å². The molecule has 104 valence electrons. The predicted molar refractivity (Wildman–Crippen MR) is 76.3 cm³/mol. The van der Waals surface area contributed by atoms with Crippen LogP contribution in [0.15, 0.2) is 60.7 Å². The number of aliphatic hydroxyl groups is 1. The molecule has 0 aliphatic heterocycles. The molecule has 2 aromatic carbocycles. The molecule has 20 heavy (non-hydrogen) atoms. The van der Waals surface area contributed by atoms with E-state index in [1.165, 1.54) is 0 Å². The van der Waals surface area contributed by atoms with Crippen molar-refractivity contribution in [1.82, 2.24) is 5.32 Å². The van der Waals surface area contributed by atoms with E-state index >= 15 is 0 Å². The third-order valence-electron chi connectivity index (χ3n) is 2.81. The van der Waals surface area contributed by atoms with Crippen molar-refractivity contribution in [1.29, 1.82) is 0 Å². The van der Waals surface area contributed by atoms with Gasteiger partial charge in [0.2, 0.25) is 0 Å². The number of hydrogen-bond donors (Lipinski definition) is 2. The Morgan fingerprint density at radius 2 is 1.50 bits per heavy atom. The second-order valence-corrected chi connectivity index (χ2v) is 4.26. The third kappa shape index (κ3) is 3.83. The van der Waals surface area contributed by atoms with Crippen molar-refractivity contribution in [3.05, 3.63) is 71.8 Å². The van der Waals surface area contributed by atoms with Crippen molar-refractivity contribution in [2.45, 2.75) is 6.10 Å². The van der Waals surface area contributed by atoms with Crippen LogP contribution in [0.25, 0.3) is 0 Å². The number of carbonyl (C=O) groups is 1. The fourth-order valence-corrected chi connectivity index (χ4v) is 1.89. The highest BCUT2D eigenvalue weighted by atomic mass is 16.6. The molecule has 0 fully saturated rings. The molecule has 0 aliphatic rings. The van der Waals surface area contributed by atoms with Gasteiger partial charge in [0.1, 0.15) is 0 Å². The van der Waals surface area contributed by atoms with E-state index in [4.69, 9.17) is 9.84 Å². The van der Waals surface area contributed by atoms with E-state index in [-0.39, 0.29) is 13.2 Å². The van der Waals surface area contributed by atoms with Crippen molar-refractivity contribution in [2.75, 3.05) is 13.2 Å². The Morgan fingerprint density at radius 1 is 1.00 bits per heavy atom. The smallest absolute Gasteiger partial charge is 0.408 e. The molecular weight excluding hydrogens is 254 g/mol. The first-order valence-electron chi connectivity index (χ1n) is 6.46. The number of amides is 1. The van der Waals surface area contributed by atoms with Crippen LogP contribution in [0.5, 0.6) is 0 Å². The molecule has 0 unspecified atom stereocenters. The van der Waals surface area contributed by atoms with Gasteiger partial charge < -0.3 is 15.2 Å².